The summed E-state index contributed by atoms with van der Waals surface area (Å²) in [7, 11) is 3.40. The van der Waals surface area contributed by atoms with Crippen LogP contribution in [0.2, 0.25) is 0 Å². The summed E-state index contributed by atoms with van der Waals surface area (Å²) in [6.07, 6.45) is -3.44. The topological polar surface area (TPSA) is 99.7 Å². The van der Waals surface area contributed by atoms with Crippen molar-refractivity contribution in [3.8, 4) is 0 Å². The highest BCUT2D eigenvalue weighted by molar-refractivity contribution is 6.00. The average molecular weight is 637 g/mol. The van der Waals surface area contributed by atoms with E-state index in [0.717, 1.165) is 23.5 Å². The Morgan fingerprint density at radius 2 is 1.67 bits per heavy atom. The maximum Gasteiger partial charge on any atom is 0.416 e. The molecule has 0 radical (unpaired) electrons. The number of aromatic nitrogens is 2. The molecule has 46 heavy (non-hydrogen) atoms. The van der Waals surface area contributed by atoms with Gasteiger partial charge in [0.2, 0.25) is 5.95 Å². The van der Waals surface area contributed by atoms with E-state index in [-0.39, 0.29) is 30.1 Å². The molecule has 1 amide bonds. The number of ether oxygens (including phenoxy) is 1. The number of morpholine rings is 1. The second-order valence-electron chi connectivity index (χ2n) is 10.7. The van der Waals surface area contributed by atoms with Crippen LogP contribution in [0.25, 0.3) is 0 Å². The Morgan fingerprint density at radius 3 is 2.37 bits per heavy atom. The van der Waals surface area contributed by atoms with Gasteiger partial charge in [-0.1, -0.05) is 12.1 Å². The predicted octanol–water partition coefficient (Wildman–Crippen LogP) is 5.70. The third-order valence-corrected chi connectivity index (χ3v) is 7.47. The molecule has 1 aliphatic rings. The van der Waals surface area contributed by atoms with Crippen LogP contribution in [0, 0.1) is 5.82 Å². The van der Waals surface area contributed by atoms with Crippen LogP contribution in [0.4, 0.5) is 46.4 Å². The van der Waals surface area contributed by atoms with Crippen molar-refractivity contribution < 1.29 is 31.9 Å². The average Bonchev–Trinajstić information content (AvgIpc) is 3.04. The first-order valence-electron chi connectivity index (χ1n) is 14.5. The van der Waals surface area contributed by atoms with Gasteiger partial charge < -0.3 is 25.2 Å². The standard InChI is InChI=1S/C33H32F4N6O3/c1-38-31(45)28-20-25(5-8-29(28)43-11-13-46-14-12-43)40-32-39-10-9-30(41-32)42(2)26-6-3-21(4-7-26)17-27(44)18-22-15-23(33(35,36)37)19-24(34)16-22/h3-10,15-16,19-20H,11-14,17-18H2,1-2H3,(H,38,45)(H,39,40,41). The van der Waals surface area contributed by atoms with Crippen LogP contribution < -0.4 is 20.4 Å². The Kier molecular flexibility index (Phi) is 9.81. The van der Waals surface area contributed by atoms with Gasteiger partial charge in [0, 0.05) is 63.3 Å². The SMILES string of the molecule is CNC(=O)c1cc(Nc2nccc(N(C)c3ccc(CC(=O)Cc4cc(F)cc(C(F)(F)F)c4)cc3)n2)ccc1N1CCOCC1. The summed E-state index contributed by atoms with van der Waals surface area (Å²) in [5.74, 6) is -0.703. The number of halogens is 4. The zero-order chi connectivity index (χ0) is 32.8. The van der Waals surface area contributed by atoms with Crippen LogP contribution in [0.1, 0.15) is 27.0 Å². The molecular formula is C33H32F4N6O3. The van der Waals surface area contributed by atoms with Gasteiger partial charge >= 0.3 is 6.18 Å². The molecule has 4 aromatic rings. The van der Waals surface area contributed by atoms with Crippen molar-refractivity contribution >= 4 is 40.5 Å². The van der Waals surface area contributed by atoms with E-state index in [1.54, 1.807) is 49.6 Å². The van der Waals surface area contributed by atoms with Crippen molar-refractivity contribution in [2.75, 3.05) is 55.5 Å². The predicted molar refractivity (Wildman–Crippen MR) is 167 cm³/mol. The monoisotopic (exact) mass is 636 g/mol. The molecule has 2 heterocycles. The highest BCUT2D eigenvalue weighted by Gasteiger charge is 2.31. The van der Waals surface area contributed by atoms with Crippen LogP contribution in [0.5, 0.6) is 0 Å². The second-order valence-corrected chi connectivity index (χ2v) is 10.7. The molecule has 3 aromatic carbocycles. The number of nitrogens with zero attached hydrogens (tertiary/aromatic N) is 4. The highest BCUT2D eigenvalue weighted by atomic mass is 19.4. The molecule has 0 saturated carbocycles. The molecule has 9 nitrogen and oxygen atoms in total. The number of ketones is 1. The van der Waals surface area contributed by atoms with Crippen LogP contribution >= 0.6 is 0 Å². The number of amides is 1. The summed E-state index contributed by atoms with van der Waals surface area (Å²) < 4.78 is 58.2. The van der Waals surface area contributed by atoms with Gasteiger partial charge in [0.05, 0.1) is 24.3 Å². The normalized spacial score (nSPS) is 13.3. The fourth-order valence-corrected chi connectivity index (χ4v) is 5.14. The molecule has 1 saturated heterocycles. The zero-order valence-corrected chi connectivity index (χ0v) is 25.2. The molecule has 13 heteroatoms. The zero-order valence-electron chi connectivity index (χ0n) is 25.2. The van der Waals surface area contributed by atoms with E-state index in [2.05, 4.69) is 25.5 Å². The summed E-state index contributed by atoms with van der Waals surface area (Å²) in [6, 6.07) is 16.5. The summed E-state index contributed by atoms with van der Waals surface area (Å²) in [6.45, 7) is 2.56. The first-order valence-corrected chi connectivity index (χ1v) is 14.5. The van der Waals surface area contributed by atoms with E-state index < -0.39 is 17.6 Å². The Hall–Kier alpha value is -5.04. The van der Waals surface area contributed by atoms with Gasteiger partial charge in [-0.15, -0.1) is 0 Å². The van der Waals surface area contributed by atoms with Gasteiger partial charge in [-0.25, -0.2) is 9.37 Å². The largest absolute Gasteiger partial charge is 0.416 e. The number of Topliss-reactive ketones (excluding diaryl/α,β-unsaturated/α-hetero) is 1. The van der Waals surface area contributed by atoms with Crippen molar-refractivity contribution in [3.05, 3.63) is 101 Å². The molecule has 1 aromatic heterocycles. The number of alkyl halides is 3. The van der Waals surface area contributed by atoms with Gasteiger partial charge in [-0.2, -0.15) is 18.2 Å². The lowest BCUT2D eigenvalue weighted by atomic mass is 10.0. The maximum atomic E-state index is 13.7. The Balaban J connectivity index is 1.25. The highest BCUT2D eigenvalue weighted by Crippen LogP contribution is 2.31. The smallest absolute Gasteiger partial charge is 0.378 e. The van der Waals surface area contributed by atoms with E-state index in [9.17, 15) is 27.2 Å². The van der Waals surface area contributed by atoms with Crippen molar-refractivity contribution in [1.82, 2.24) is 15.3 Å². The van der Waals surface area contributed by atoms with Crippen molar-refractivity contribution in [2.45, 2.75) is 19.0 Å². The van der Waals surface area contributed by atoms with Gasteiger partial charge in [0.15, 0.2) is 0 Å². The number of benzene rings is 3. The van der Waals surface area contributed by atoms with E-state index in [1.807, 2.05) is 24.1 Å². The van der Waals surface area contributed by atoms with Gasteiger partial charge in [-0.3, -0.25) is 9.59 Å². The first kappa shape index (κ1) is 32.4. The number of hydrogen-bond acceptors (Lipinski definition) is 8. The van der Waals surface area contributed by atoms with E-state index in [1.165, 1.54) is 0 Å². The lowest BCUT2D eigenvalue weighted by Gasteiger charge is -2.30. The third kappa shape index (κ3) is 7.96. The molecule has 0 atom stereocenters. The Labute approximate surface area is 263 Å². The molecule has 0 spiro atoms. The third-order valence-electron chi connectivity index (χ3n) is 7.47. The van der Waals surface area contributed by atoms with Crippen molar-refractivity contribution in [1.29, 1.82) is 0 Å². The van der Waals surface area contributed by atoms with E-state index >= 15 is 0 Å². The molecule has 2 N–H and O–H groups in total. The second kappa shape index (κ2) is 13.9. The number of nitrogens with one attached hydrogen (secondary N) is 2. The number of hydrogen-bond donors (Lipinski definition) is 2. The molecule has 0 unspecified atom stereocenters. The molecule has 0 aliphatic carbocycles. The van der Waals surface area contributed by atoms with Gasteiger partial charge in [0.25, 0.3) is 5.91 Å². The Bertz CT molecular complexity index is 1710. The Morgan fingerprint density at radius 1 is 0.957 bits per heavy atom. The van der Waals surface area contributed by atoms with Crippen LogP contribution in [0.3, 0.4) is 0 Å². The molecule has 0 bridgehead atoms. The van der Waals surface area contributed by atoms with E-state index in [0.29, 0.717) is 61.0 Å². The van der Waals surface area contributed by atoms with E-state index in [4.69, 9.17) is 4.74 Å². The van der Waals surface area contributed by atoms with Crippen LogP contribution in [-0.2, 0) is 28.5 Å². The first-order chi connectivity index (χ1) is 22.0. The molecule has 1 fully saturated rings. The van der Waals surface area contributed by atoms with Crippen LogP contribution in [0.15, 0.2) is 72.9 Å². The number of rotatable bonds is 10. The molecular weight excluding hydrogens is 604 g/mol. The molecule has 5 rings (SSSR count). The summed E-state index contributed by atoms with van der Waals surface area (Å²) >= 11 is 0. The summed E-state index contributed by atoms with van der Waals surface area (Å²) in [5, 5.41) is 5.87. The molecule has 240 valence electrons. The lowest BCUT2D eigenvalue weighted by Crippen LogP contribution is -2.37. The fourth-order valence-electron chi connectivity index (χ4n) is 5.14. The number of carbonyl (C=O) groups excluding carboxylic acids is 2. The van der Waals surface area contributed by atoms with Crippen LogP contribution in [-0.4, -0.2) is 62.1 Å². The number of anilines is 5. The quantitative estimate of drug-likeness (QED) is 0.214. The van der Waals surface area contributed by atoms with Gasteiger partial charge in [0.1, 0.15) is 17.4 Å². The molecule has 1 aliphatic heterocycles. The summed E-state index contributed by atoms with van der Waals surface area (Å²) in [4.78, 5) is 38.2. The van der Waals surface area contributed by atoms with Crippen molar-refractivity contribution in [3.63, 3.8) is 0 Å². The minimum Gasteiger partial charge on any atom is -0.378 e. The maximum absolute atomic E-state index is 13.7. The van der Waals surface area contributed by atoms with Crippen molar-refractivity contribution in [2.24, 2.45) is 0 Å². The minimum absolute atomic E-state index is 0.0220. The fraction of sp³-hybridized carbons (Fsp3) is 0.273. The minimum atomic E-state index is -4.70. The van der Waals surface area contributed by atoms with Gasteiger partial charge in [-0.05, 0) is 65.7 Å². The summed E-state index contributed by atoms with van der Waals surface area (Å²) in [5.41, 5.74) is 2.24. The lowest BCUT2D eigenvalue weighted by molar-refractivity contribution is -0.138. The number of carbonyl (C=O) groups is 2.